The second-order valence-electron chi connectivity index (χ2n) is 1.45. The predicted octanol–water partition coefficient (Wildman–Crippen LogP) is 1.02. The molecular weight excluding hydrogens is 118 g/mol. The highest BCUT2D eigenvalue weighted by molar-refractivity contribution is 5.71. The molecule has 0 N–H and O–H groups in total. The Balaban J connectivity index is 3.46. The summed E-state index contributed by atoms with van der Waals surface area (Å²) in [5.41, 5.74) is 0. The van der Waals surface area contributed by atoms with Crippen LogP contribution in [0.5, 0.6) is 0 Å². The minimum Gasteiger partial charge on any atom is -0.255 e. The van der Waals surface area contributed by atoms with Gasteiger partial charge in [0.15, 0.2) is 0 Å². The number of halogens is 2. The van der Waals surface area contributed by atoms with E-state index in [9.17, 15) is 13.7 Å². The number of rotatable bonds is 2. The number of alkyl halides is 1. The lowest BCUT2D eigenvalue weighted by molar-refractivity contribution is -0.188. The quantitative estimate of drug-likeness (QED) is 0.549. The van der Waals surface area contributed by atoms with E-state index in [1.54, 1.807) is 0 Å². The van der Waals surface area contributed by atoms with Crippen LogP contribution in [-0.2, 0) is 9.74 Å². The molecule has 0 radical (unpaired) electrons. The van der Waals surface area contributed by atoms with E-state index in [2.05, 4.69) is 4.94 Å². The third-order valence-electron chi connectivity index (χ3n) is 0.710. The van der Waals surface area contributed by atoms with Gasteiger partial charge < -0.3 is 0 Å². The van der Waals surface area contributed by atoms with Crippen LogP contribution in [0.3, 0.4) is 0 Å². The van der Waals surface area contributed by atoms with E-state index in [1.165, 1.54) is 6.92 Å². The third-order valence-corrected chi connectivity index (χ3v) is 0.710. The lowest BCUT2D eigenvalue weighted by Crippen LogP contribution is -2.12. The second-order valence-corrected chi connectivity index (χ2v) is 1.45. The van der Waals surface area contributed by atoms with Crippen molar-refractivity contribution in [2.45, 2.75) is 6.92 Å². The Morgan fingerprint density at radius 2 is 2.38 bits per heavy atom. The van der Waals surface area contributed by atoms with Gasteiger partial charge in [-0.3, -0.25) is 9.33 Å². The topological polar surface area (TPSA) is 26.3 Å². The van der Waals surface area contributed by atoms with Crippen LogP contribution in [-0.4, -0.2) is 12.6 Å². The normalized spacial score (nSPS) is 12.9. The zero-order chi connectivity index (χ0) is 6.57. The van der Waals surface area contributed by atoms with E-state index in [4.69, 9.17) is 0 Å². The van der Waals surface area contributed by atoms with Crippen LogP contribution >= 0.6 is 0 Å². The summed E-state index contributed by atoms with van der Waals surface area (Å²) < 4.78 is 22.2. The Hall–Kier alpha value is -0.670. The highest BCUT2D eigenvalue weighted by atomic mass is 19.3. The van der Waals surface area contributed by atoms with Crippen LogP contribution in [0.4, 0.5) is 8.92 Å². The lowest BCUT2D eigenvalue weighted by atomic mass is 10.2. The molecular formula is C4H6F2O2. The van der Waals surface area contributed by atoms with E-state index in [-0.39, 0.29) is 0 Å². The van der Waals surface area contributed by atoms with Crippen LogP contribution in [0.25, 0.3) is 0 Å². The maximum atomic E-state index is 11.4. The largest absolute Gasteiger partial charge is 0.354 e. The van der Waals surface area contributed by atoms with Crippen molar-refractivity contribution in [2.75, 3.05) is 6.67 Å². The predicted molar refractivity (Wildman–Crippen MR) is 22.3 cm³/mol. The van der Waals surface area contributed by atoms with Crippen molar-refractivity contribution in [2.24, 2.45) is 5.92 Å². The van der Waals surface area contributed by atoms with Gasteiger partial charge >= 0.3 is 5.97 Å². The van der Waals surface area contributed by atoms with Crippen molar-refractivity contribution < 1.29 is 18.7 Å². The van der Waals surface area contributed by atoms with Gasteiger partial charge in [-0.25, -0.2) is 4.79 Å². The molecule has 0 spiro atoms. The zero-order valence-electron chi connectivity index (χ0n) is 4.36. The number of carbonyl (C=O) groups excluding carboxylic acids is 1. The first-order valence-corrected chi connectivity index (χ1v) is 2.10. The Morgan fingerprint density at radius 3 is 2.50 bits per heavy atom. The SMILES string of the molecule is CC(CF)C(=O)OF. The fraction of sp³-hybridized carbons (Fsp3) is 0.750. The van der Waals surface area contributed by atoms with E-state index < -0.39 is 18.6 Å². The van der Waals surface area contributed by atoms with Gasteiger partial charge in [0.05, 0.1) is 5.92 Å². The molecule has 0 rings (SSSR count). The van der Waals surface area contributed by atoms with Crippen LogP contribution in [0.2, 0.25) is 0 Å². The summed E-state index contributed by atoms with van der Waals surface area (Å²) in [6, 6.07) is 0. The van der Waals surface area contributed by atoms with E-state index >= 15 is 0 Å². The number of hydrogen-bond donors (Lipinski definition) is 0. The Bertz CT molecular complexity index is 84.1. The molecule has 0 saturated heterocycles. The molecule has 48 valence electrons. The van der Waals surface area contributed by atoms with E-state index in [0.29, 0.717) is 0 Å². The monoisotopic (exact) mass is 124 g/mol. The molecule has 0 aromatic heterocycles. The van der Waals surface area contributed by atoms with Gasteiger partial charge in [-0.1, -0.05) is 0 Å². The summed E-state index contributed by atoms with van der Waals surface area (Å²) in [5, 5.41) is 0. The summed E-state index contributed by atoms with van der Waals surface area (Å²) in [7, 11) is 0. The van der Waals surface area contributed by atoms with Gasteiger partial charge in [0.25, 0.3) is 0 Å². The summed E-state index contributed by atoms with van der Waals surface area (Å²) >= 11 is 0. The number of hydrogen-bond acceptors (Lipinski definition) is 2. The standard InChI is InChI=1S/C4H6F2O2/c1-3(2-5)4(7)8-6/h3H,2H2,1H3. The summed E-state index contributed by atoms with van der Waals surface area (Å²) in [6.07, 6.45) is 0. The van der Waals surface area contributed by atoms with Crippen LogP contribution in [0.1, 0.15) is 6.92 Å². The molecule has 0 aromatic carbocycles. The van der Waals surface area contributed by atoms with Crippen molar-refractivity contribution in [3.05, 3.63) is 0 Å². The average molecular weight is 124 g/mol. The smallest absolute Gasteiger partial charge is 0.255 e. The summed E-state index contributed by atoms with van der Waals surface area (Å²) in [6.45, 7) is 0.352. The molecule has 1 unspecified atom stereocenters. The fourth-order valence-corrected chi connectivity index (χ4v) is 0.139. The van der Waals surface area contributed by atoms with Gasteiger partial charge in [0.1, 0.15) is 6.67 Å². The molecule has 0 aliphatic rings. The fourth-order valence-electron chi connectivity index (χ4n) is 0.139. The molecule has 2 nitrogen and oxygen atoms in total. The van der Waals surface area contributed by atoms with Crippen LogP contribution in [0, 0.1) is 5.92 Å². The maximum absolute atomic E-state index is 11.4. The summed E-state index contributed by atoms with van der Waals surface area (Å²) in [5.74, 6) is -2.15. The zero-order valence-corrected chi connectivity index (χ0v) is 4.36. The molecule has 0 heterocycles. The molecule has 0 amide bonds. The van der Waals surface area contributed by atoms with Gasteiger partial charge in [0, 0.05) is 4.53 Å². The van der Waals surface area contributed by atoms with Gasteiger partial charge in [-0.05, 0) is 6.92 Å². The first kappa shape index (κ1) is 7.33. The Kier molecular flexibility index (Phi) is 3.07. The molecule has 0 bridgehead atoms. The molecule has 8 heavy (non-hydrogen) atoms. The Labute approximate surface area is 45.3 Å². The number of carbonyl (C=O) groups is 1. The van der Waals surface area contributed by atoms with Crippen molar-refractivity contribution >= 4 is 5.97 Å². The highest BCUT2D eigenvalue weighted by Crippen LogP contribution is 1.98. The Morgan fingerprint density at radius 1 is 1.88 bits per heavy atom. The molecule has 0 fully saturated rings. The first-order valence-electron chi connectivity index (χ1n) is 2.10. The first-order chi connectivity index (χ1) is 3.72. The van der Waals surface area contributed by atoms with Crippen LogP contribution < -0.4 is 0 Å². The lowest BCUT2D eigenvalue weighted by Gasteiger charge is -1.96. The highest BCUT2D eigenvalue weighted by Gasteiger charge is 2.13. The molecule has 0 aliphatic carbocycles. The molecule has 1 atom stereocenters. The minimum absolute atomic E-state index is 0.886. The van der Waals surface area contributed by atoms with Crippen molar-refractivity contribution in [1.29, 1.82) is 0 Å². The average Bonchev–Trinajstić information content (AvgIpc) is 1.84. The van der Waals surface area contributed by atoms with Crippen LogP contribution in [0.15, 0.2) is 0 Å². The van der Waals surface area contributed by atoms with Crippen molar-refractivity contribution in [3.63, 3.8) is 0 Å². The third kappa shape index (κ3) is 1.86. The maximum Gasteiger partial charge on any atom is 0.354 e. The molecule has 0 aromatic rings. The van der Waals surface area contributed by atoms with Gasteiger partial charge in [0.2, 0.25) is 0 Å². The van der Waals surface area contributed by atoms with Crippen molar-refractivity contribution in [3.8, 4) is 0 Å². The second kappa shape index (κ2) is 3.35. The van der Waals surface area contributed by atoms with E-state index in [1.807, 2.05) is 0 Å². The molecule has 0 saturated carbocycles. The summed E-state index contributed by atoms with van der Waals surface area (Å²) in [4.78, 5) is 12.6. The van der Waals surface area contributed by atoms with Gasteiger partial charge in [-0.2, -0.15) is 0 Å². The molecule has 4 heteroatoms. The minimum atomic E-state index is -1.16. The van der Waals surface area contributed by atoms with Crippen molar-refractivity contribution in [1.82, 2.24) is 0 Å². The van der Waals surface area contributed by atoms with Gasteiger partial charge in [-0.15, -0.1) is 0 Å². The molecule has 0 aliphatic heterocycles. The van der Waals surface area contributed by atoms with E-state index in [0.717, 1.165) is 0 Å².